The lowest BCUT2D eigenvalue weighted by Crippen LogP contribution is -2.29. The summed E-state index contributed by atoms with van der Waals surface area (Å²) in [6, 6.07) is 11.5. The summed E-state index contributed by atoms with van der Waals surface area (Å²) in [6.45, 7) is 6.85. The van der Waals surface area contributed by atoms with Crippen molar-refractivity contribution in [1.29, 1.82) is 0 Å². The van der Waals surface area contributed by atoms with E-state index in [1.54, 1.807) is 54.4 Å². The predicted molar refractivity (Wildman–Crippen MR) is 113 cm³/mol. The van der Waals surface area contributed by atoms with Gasteiger partial charge in [-0.15, -0.1) is 0 Å². The molecule has 0 fully saturated rings. The van der Waals surface area contributed by atoms with Crippen LogP contribution in [0.5, 0.6) is 11.5 Å². The van der Waals surface area contributed by atoms with Crippen molar-refractivity contribution in [2.24, 2.45) is 0 Å². The summed E-state index contributed by atoms with van der Waals surface area (Å²) in [5.74, 6) is 1.01. The van der Waals surface area contributed by atoms with Gasteiger partial charge in [0.15, 0.2) is 21.3 Å². The van der Waals surface area contributed by atoms with E-state index < -0.39 is 9.84 Å². The van der Waals surface area contributed by atoms with E-state index in [0.29, 0.717) is 30.3 Å². The highest BCUT2D eigenvalue weighted by atomic mass is 32.2. The lowest BCUT2D eigenvalue weighted by molar-refractivity contribution is 0.0742. The summed E-state index contributed by atoms with van der Waals surface area (Å²) in [6.07, 6.45) is 2.05. The Kier molecular flexibility index (Phi) is 7.67. The molecule has 158 valence electrons. The Bertz CT molecular complexity index is 938. The van der Waals surface area contributed by atoms with Crippen LogP contribution < -0.4 is 9.47 Å². The molecule has 0 spiro atoms. The summed E-state index contributed by atoms with van der Waals surface area (Å²) in [5, 5.41) is 0. The fourth-order valence-corrected chi connectivity index (χ4v) is 3.47. The maximum Gasteiger partial charge on any atom is 0.254 e. The van der Waals surface area contributed by atoms with E-state index in [4.69, 9.17) is 9.47 Å². The monoisotopic (exact) mass is 419 g/mol. The Morgan fingerprint density at radius 1 is 1.03 bits per heavy atom. The number of rotatable bonds is 9. The average Bonchev–Trinajstić information content (AvgIpc) is 2.70. The quantitative estimate of drug-likeness (QED) is 0.612. The van der Waals surface area contributed by atoms with E-state index in [2.05, 4.69) is 0 Å². The first-order chi connectivity index (χ1) is 13.7. The number of sulfone groups is 1. The van der Waals surface area contributed by atoms with E-state index >= 15 is 0 Å². The Morgan fingerprint density at radius 2 is 1.69 bits per heavy atom. The summed E-state index contributed by atoms with van der Waals surface area (Å²) in [5.41, 5.74) is 1.35. The molecule has 0 aromatic heterocycles. The predicted octanol–water partition coefficient (Wildman–Crippen LogP) is 4.11. The van der Waals surface area contributed by atoms with Crippen LogP contribution in [-0.4, -0.2) is 45.7 Å². The molecular weight excluding hydrogens is 390 g/mol. The van der Waals surface area contributed by atoms with Gasteiger partial charge in [0.25, 0.3) is 5.91 Å². The maximum atomic E-state index is 13.0. The highest BCUT2D eigenvalue weighted by Gasteiger charge is 2.21. The van der Waals surface area contributed by atoms with Crippen LogP contribution in [0.2, 0.25) is 0 Å². The topological polar surface area (TPSA) is 72.9 Å². The van der Waals surface area contributed by atoms with E-state index in [9.17, 15) is 13.2 Å². The summed E-state index contributed by atoms with van der Waals surface area (Å²) in [7, 11) is -1.53. The van der Waals surface area contributed by atoms with Crippen molar-refractivity contribution in [1.82, 2.24) is 4.90 Å². The standard InChI is InChI=1S/C22H29NO5S/c1-6-14-28-20-13-10-18(15-21(20)27-7-2)22(24)23(4)16(3)17-8-11-19(12-9-17)29(5,25)26/h8-13,15-16H,6-7,14H2,1-5H3. The average molecular weight is 420 g/mol. The molecule has 0 N–H and O–H groups in total. The molecule has 0 saturated heterocycles. The Hall–Kier alpha value is -2.54. The highest BCUT2D eigenvalue weighted by Crippen LogP contribution is 2.30. The number of hydrogen-bond donors (Lipinski definition) is 0. The molecule has 2 aromatic rings. The molecular formula is C22H29NO5S. The van der Waals surface area contributed by atoms with Crippen LogP contribution in [0.15, 0.2) is 47.4 Å². The molecule has 0 heterocycles. The molecule has 0 aliphatic heterocycles. The van der Waals surface area contributed by atoms with Gasteiger partial charge in [0.1, 0.15) is 0 Å². The first-order valence-electron chi connectivity index (χ1n) is 9.65. The van der Waals surface area contributed by atoms with Crippen molar-refractivity contribution >= 4 is 15.7 Å². The second kappa shape index (κ2) is 9.78. The van der Waals surface area contributed by atoms with Crippen molar-refractivity contribution in [3.8, 4) is 11.5 Å². The molecule has 2 rings (SSSR count). The van der Waals surface area contributed by atoms with Crippen molar-refractivity contribution in [2.45, 2.75) is 38.1 Å². The van der Waals surface area contributed by atoms with E-state index in [1.807, 2.05) is 20.8 Å². The number of amides is 1. The zero-order chi connectivity index (χ0) is 21.6. The van der Waals surface area contributed by atoms with Gasteiger partial charge in [0.2, 0.25) is 0 Å². The zero-order valence-electron chi connectivity index (χ0n) is 17.6. The van der Waals surface area contributed by atoms with Crippen molar-refractivity contribution < 1.29 is 22.7 Å². The Balaban J connectivity index is 2.23. The largest absolute Gasteiger partial charge is 0.490 e. The smallest absolute Gasteiger partial charge is 0.254 e. The number of hydrogen-bond acceptors (Lipinski definition) is 5. The van der Waals surface area contributed by atoms with Crippen LogP contribution in [0.4, 0.5) is 0 Å². The lowest BCUT2D eigenvalue weighted by Gasteiger charge is -2.26. The molecule has 0 aliphatic rings. The van der Waals surface area contributed by atoms with Gasteiger partial charge in [-0.25, -0.2) is 8.42 Å². The minimum absolute atomic E-state index is 0.160. The van der Waals surface area contributed by atoms with Crippen LogP contribution in [0.3, 0.4) is 0 Å². The van der Waals surface area contributed by atoms with Crippen molar-refractivity contribution in [3.63, 3.8) is 0 Å². The highest BCUT2D eigenvalue weighted by molar-refractivity contribution is 7.90. The normalized spacial score (nSPS) is 12.3. The van der Waals surface area contributed by atoms with Crippen LogP contribution in [0.25, 0.3) is 0 Å². The fourth-order valence-electron chi connectivity index (χ4n) is 2.84. The van der Waals surface area contributed by atoms with Crippen LogP contribution in [0.1, 0.15) is 49.2 Å². The third kappa shape index (κ3) is 5.73. The van der Waals surface area contributed by atoms with Crippen molar-refractivity contribution in [2.75, 3.05) is 26.5 Å². The molecule has 0 bridgehead atoms. The van der Waals surface area contributed by atoms with Crippen molar-refractivity contribution in [3.05, 3.63) is 53.6 Å². The number of carbonyl (C=O) groups is 1. The second-order valence-corrected chi connectivity index (χ2v) is 8.89. The summed E-state index contributed by atoms with van der Waals surface area (Å²) >= 11 is 0. The van der Waals surface area contributed by atoms with Gasteiger partial charge < -0.3 is 14.4 Å². The SMILES string of the molecule is CCCOc1ccc(C(=O)N(C)C(C)c2ccc(S(C)(=O)=O)cc2)cc1OCC. The lowest BCUT2D eigenvalue weighted by atomic mass is 10.1. The van der Waals surface area contributed by atoms with Gasteiger partial charge in [-0.2, -0.15) is 0 Å². The Labute approximate surface area is 173 Å². The van der Waals surface area contributed by atoms with E-state index in [1.165, 1.54) is 6.26 Å². The zero-order valence-corrected chi connectivity index (χ0v) is 18.5. The van der Waals surface area contributed by atoms with Gasteiger partial charge >= 0.3 is 0 Å². The number of ether oxygens (including phenoxy) is 2. The van der Waals surface area contributed by atoms with Crippen LogP contribution in [0, 0.1) is 0 Å². The van der Waals surface area contributed by atoms with Gasteiger partial charge in [-0.1, -0.05) is 19.1 Å². The molecule has 2 aromatic carbocycles. The molecule has 1 atom stereocenters. The maximum absolute atomic E-state index is 13.0. The number of carbonyl (C=O) groups excluding carboxylic acids is 1. The van der Waals surface area contributed by atoms with Gasteiger partial charge in [0.05, 0.1) is 24.2 Å². The molecule has 6 nitrogen and oxygen atoms in total. The summed E-state index contributed by atoms with van der Waals surface area (Å²) < 4.78 is 34.6. The fraction of sp³-hybridized carbons (Fsp3) is 0.409. The first-order valence-corrected chi connectivity index (χ1v) is 11.5. The van der Waals surface area contributed by atoms with Gasteiger partial charge in [0, 0.05) is 18.9 Å². The third-order valence-corrected chi connectivity index (χ3v) is 5.77. The molecule has 1 amide bonds. The second-order valence-electron chi connectivity index (χ2n) is 6.88. The minimum Gasteiger partial charge on any atom is -0.490 e. The minimum atomic E-state index is -3.25. The van der Waals surface area contributed by atoms with Crippen LogP contribution in [-0.2, 0) is 9.84 Å². The number of benzene rings is 2. The van der Waals surface area contributed by atoms with Gasteiger partial charge in [-0.05, 0) is 56.2 Å². The summed E-state index contributed by atoms with van der Waals surface area (Å²) in [4.78, 5) is 14.9. The molecule has 29 heavy (non-hydrogen) atoms. The van der Waals surface area contributed by atoms with Crippen LogP contribution >= 0.6 is 0 Å². The Morgan fingerprint density at radius 3 is 2.24 bits per heavy atom. The molecule has 0 radical (unpaired) electrons. The number of nitrogens with zero attached hydrogens (tertiary/aromatic N) is 1. The molecule has 0 aliphatic carbocycles. The third-order valence-electron chi connectivity index (χ3n) is 4.64. The first kappa shape index (κ1) is 22.7. The van der Waals surface area contributed by atoms with E-state index in [-0.39, 0.29) is 16.8 Å². The molecule has 1 unspecified atom stereocenters. The van der Waals surface area contributed by atoms with E-state index in [0.717, 1.165) is 12.0 Å². The molecule has 7 heteroatoms. The molecule has 0 saturated carbocycles. The van der Waals surface area contributed by atoms with Gasteiger partial charge in [-0.3, -0.25) is 4.79 Å².